The highest BCUT2D eigenvalue weighted by Gasteiger charge is 2.09. The number of rotatable bonds is 8. The summed E-state index contributed by atoms with van der Waals surface area (Å²) >= 11 is 0. The lowest BCUT2D eigenvalue weighted by Gasteiger charge is -2.26. The summed E-state index contributed by atoms with van der Waals surface area (Å²) in [6.07, 6.45) is 1.46. The number of nitrogens with one attached hydrogen (secondary N) is 1. The van der Waals surface area contributed by atoms with E-state index in [1.807, 2.05) is 24.3 Å². The number of hydrogen-bond acceptors (Lipinski definition) is 5. The summed E-state index contributed by atoms with van der Waals surface area (Å²) in [6, 6.07) is 7.32. The summed E-state index contributed by atoms with van der Waals surface area (Å²) in [6.45, 7) is 7.57. The molecule has 0 aliphatic carbocycles. The summed E-state index contributed by atoms with van der Waals surface area (Å²) in [4.78, 5) is 13.9. The quantitative estimate of drug-likeness (QED) is 0.746. The molecule has 0 aromatic heterocycles. The molecule has 0 spiro atoms. The molecule has 1 N–H and O–H groups in total. The van der Waals surface area contributed by atoms with Crippen LogP contribution in [-0.4, -0.2) is 57.1 Å². The van der Waals surface area contributed by atoms with Gasteiger partial charge in [-0.15, -0.1) is 0 Å². The number of carbonyl (C=O) groups excluding carboxylic acids is 1. The molecule has 0 saturated carbocycles. The van der Waals surface area contributed by atoms with Gasteiger partial charge in [-0.05, 0) is 30.7 Å². The van der Waals surface area contributed by atoms with Gasteiger partial charge in [0, 0.05) is 25.3 Å². The summed E-state index contributed by atoms with van der Waals surface area (Å²) in [5.74, 6) is 0.795. The summed E-state index contributed by atoms with van der Waals surface area (Å²) in [7, 11) is 0. The van der Waals surface area contributed by atoms with Crippen LogP contribution < -0.4 is 10.1 Å². The molecule has 1 aliphatic rings. The monoisotopic (exact) mass is 322 g/mol. The van der Waals surface area contributed by atoms with Gasteiger partial charge in [-0.1, -0.05) is 13.3 Å². The van der Waals surface area contributed by atoms with Crippen LogP contribution in [0.3, 0.4) is 0 Å². The second-order valence-electron chi connectivity index (χ2n) is 5.44. The van der Waals surface area contributed by atoms with E-state index in [1.165, 1.54) is 0 Å². The van der Waals surface area contributed by atoms with Crippen LogP contribution in [0.25, 0.3) is 0 Å². The van der Waals surface area contributed by atoms with Gasteiger partial charge in [-0.2, -0.15) is 0 Å². The van der Waals surface area contributed by atoms with Crippen LogP contribution in [0.2, 0.25) is 0 Å². The SMILES string of the molecule is CCCCOC(=O)Nc1ccc(OCCN2CCOCC2)cc1. The van der Waals surface area contributed by atoms with Gasteiger partial charge in [0.2, 0.25) is 0 Å². The van der Waals surface area contributed by atoms with Crippen LogP contribution >= 0.6 is 0 Å². The van der Waals surface area contributed by atoms with E-state index in [0.29, 0.717) is 18.9 Å². The highest BCUT2D eigenvalue weighted by Crippen LogP contribution is 2.16. The Kier molecular flexibility index (Phi) is 7.69. The van der Waals surface area contributed by atoms with Crippen molar-refractivity contribution in [2.24, 2.45) is 0 Å². The highest BCUT2D eigenvalue weighted by atomic mass is 16.5. The van der Waals surface area contributed by atoms with Gasteiger partial charge in [0.05, 0.1) is 19.8 Å². The Bertz CT molecular complexity index is 458. The van der Waals surface area contributed by atoms with Crippen LogP contribution in [0, 0.1) is 0 Å². The summed E-state index contributed by atoms with van der Waals surface area (Å²) in [5.41, 5.74) is 0.701. The molecule has 1 aromatic rings. The standard InChI is InChI=1S/C17H26N2O4/c1-2-3-11-23-17(20)18-15-4-6-16(7-5-15)22-14-10-19-8-12-21-13-9-19/h4-7H,2-3,8-14H2,1H3,(H,18,20). The van der Waals surface area contributed by atoms with Crippen molar-refractivity contribution in [2.45, 2.75) is 19.8 Å². The number of morpholine rings is 1. The van der Waals surface area contributed by atoms with Crippen LogP contribution in [0.15, 0.2) is 24.3 Å². The molecule has 0 radical (unpaired) electrons. The Balaban J connectivity index is 1.66. The molecule has 128 valence electrons. The zero-order valence-corrected chi connectivity index (χ0v) is 13.8. The van der Waals surface area contributed by atoms with Crippen molar-refractivity contribution in [3.63, 3.8) is 0 Å². The molecule has 6 nitrogen and oxygen atoms in total. The smallest absolute Gasteiger partial charge is 0.411 e. The zero-order valence-electron chi connectivity index (χ0n) is 13.8. The molecule has 6 heteroatoms. The van der Waals surface area contributed by atoms with E-state index in [0.717, 1.165) is 51.4 Å². The number of ether oxygens (including phenoxy) is 3. The first-order chi connectivity index (χ1) is 11.3. The lowest BCUT2D eigenvalue weighted by molar-refractivity contribution is 0.0322. The number of anilines is 1. The third-order valence-corrected chi connectivity index (χ3v) is 3.61. The fraction of sp³-hybridized carbons (Fsp3) is 0.588. The van der Waals surface area contributed by atoms with Gasteiger partial charge in [-0.3, -0.25) is 10.2 Å². The van der Waals surface area contributed by atoms with Crippen LogP contribution in [-0.2, 0) is 9.47 Å². The Morgan fingerprint density at radius 2 is 1.96 bits per heavy atom. The Morgan fingerprint density at radius 3 is 2.65 bits per heavy atom. The van der Waals surface area contributed by atoms with Crippen LogP contribution in [0.4, 0.5) is 10.5 Å². The normalized spacial score (nSPS) is 15.2. The summed E-state index contributed by atoms with van der Waals surface area (Å²) < 4.78 is 16.1. The van der Waals surface area contributed by atoms with Crippen molar-refractivity contribution in [1.29, 1.82) is 0 Å². The lowest BCUT2D eigenvalue weighted by atomic mass is 10.3. The van der Waals surface area contributed by atoms with E-state index < -0.39 is 6.09 Å². The van der Waals surface area contributed by atoms with Gasteiger partial charge in [0.1, 0.15) is 12.4 Å². The molecule has 1 saturated heterocycles. The lowest BCUT2D eigenvalue weighted by Crippen LogP contribution is -2.38. The van der Waals surface area contributed by atoms with Crippen LogP contribution in [0.5, 0.6) is 5.75 Å². The van der Waals surface area contributed by atoms with Crippen molar-refractivity contribution in [1.82, 2.24) is 4.90 Å². The molecule has 1 amide bonds. The maximum Gasteiger partial charge on any atom is 0.411 e. The minimum Gasteiger partial charge on any atom is -0.492 e. The van der Waals surface area contributed by atoms with Gasteiger partial charge in [0.15, 0.2) is 0 Å². The van der Waals surface area contributed by atoms with Gasteiger partial charge < -0.3 is 14.2 Å². The first-order valence-electron chi connectivity index (χ1n) is 8.24. The molecular formula is C17H26N2O4. The topological polar surface area (TPSA) is 60.0 Å². The molecule has 0 atom stereocenters. The van der Waals surface area contributed by atoms with Crippen molar-refractivity contribution >= 4 is 11.8 Å². The number of nitrogens with zero attached hydrogens (tertiary/aromatic N) is 1. The second kappa shape index (κ2) is 10.1. The van der Waals surface area contributed by atoms with Crippen molar-refractivity contribution in [2.75, 3.05) is 51.4 Å². The molecular weight excluding hydrogens is 296 g/mol. The predicted octanol–water partition coefficient (Wildman–Crippen LogP) is 2.75. The minimum absolute atomic E-state index is 0.417. The maximum absolute atomic E-state index is 11.5. The predicted molar refractivity (Wildman–Crippen MR) is 89.1 cm³/mol. The maximum atomic E-state index is 11.5. The molecule has 23 heavy (non-hydrogen) atoms. The first-order valence-corrected chi connectivity index (χ1v) is 8.24. The van der Waals surface area contributed by atoms with Gasteiger partial charge in [-0.25, -0.2) is 4.79 Å². The third-order valence-electron chi connectivity index (χ3n) is 3.61. The van der Waals surface area contributed by atoms with E-state index in [1.54, 1.807) is 0 Å². The largest absolute Gasteiger partial charge is 0.492 e. The molecule has 1 fully saturated rings. The third kappa shape index (κ3) is 6.88. The molecule has 1 aromatic carbocycles. The fourth-order valence-corrected chi connectivity index (χ4v) is 2.21. The molecule has 2 rings (SSSR count). The number of amides is 1. The van der Waals surface area contributed by atoms with E-state index in [-0.39, 0.29) is 0 Å². The highest BCUT2D eigenvalue weighted by molar-refractivity contribution is 5.84. The van der Waals surface area contributed by atoms with E-state index >= 15 is 0 Å². The number of unbranched alkanes of at least 4 members (excludes halogenated alkanes) is 1. The van der Waals surface area contributed by atoms with Crippen LogP contribution in [0.1, 0.15) is 19.8 Å². The first kappa shape index (κ1) is 17.6. The molecule has 1 heterocycles. The number of benzene rings is 1. The average molecular weight is 322 g/mol. The average Bonchev–Trinajstić information content (AvgIpc) is 2.58. The molecule has 0 bridgehead atoms. The Labute approximate surface area is 137 Å². The van der Waals surface area contributed by atoms with Crippen molar-refractivity contribution < 1.29 is 19.0 Å². The van der Waals surface area contributed by atoms with Crippen molar-refractivity contribution in [3.8, 4) is 5.75 Å². The Hall–Kier alpha value is -1.79. The second-order valence-corrected chi connectivity index (χ2v) is 5.44. The van der Waals surface area contributed by atoms with E-state index in [4.69, 9.17) is 14.2 Å². The minimum atomic E-state index is -0.417. The molecule has 0 unspecified atom stereocenters. The summed E-state index contributed by atoms with van der Waals surface area (Å²) in [5, 5.41) is 2.70. The van der Waals surface area contributed by atoms with Gasteiger partial charge in [0.25, 0.3) is 0 Å². The fourth-order valence-electron chi connectivity index (χ4n) is 2.21. The molecule has 1 aliphatic heterocycles. The van der Waals surface area contributed by atoms with Gasteiger partial charge >= 0.3 is 6.09 Å². The number of hydrogen-bond donors (Lipinski definition) is 1. The Morgan fingerprint density at radius 1 is 1.22 bits per heavy atom. The zero-order chi connectivity index (χ0) is 16.3. The van der Waals surface area contributed by atoms with E-state index in [2.05, 4.69) is 17.1 Å². The van der Waals surface area contributed by atoms with Crippen molar-refractivity contribution in [3.05, 3.63) is 24.3 Å². The van der Waals surface area contributed by atoms with E-state index in [9.17, 15) is 4.79 Å². The number of carbonyl (C=O) groups is 1.